The van der Waals surface area contributed by atoms with Gasteiger partial charge in [-0.25, -0.2) is 4.98 Å². The van der Waals surface area contributed by atoms with E-state index in [2.05, 4.69) is 10.3 Å². The summed E-state index contributed by atoms with van der Waals surface area (Å²) in [5, 5.41) is 3.38. The fourth-order valence-electron chi connectivity index (χ4n) is 1.11. The highest BCUT2D eigenvalue weighted by atomic mass is 32.2. The number of pyridine rings is 1. The summed E-state index contributed by atoms with van der Waals surface area (Å²) in [6, 6.07) is 3.56. The molecular formula is C11H17N3OS. The van der Waals surface area contributed by atoms with Crippen molar-refractivity contribution in [1.29, 1.82) is 0 Å². The van der Waals surface area contributed by atoms with Crippen LogP contribution in [-0.2, 0) is 4.79 Å². The van der Waals surface area contributed by atoms with Gasteiger partial charge in [0.2, 0.25) is 5.91 Å². The average molecular weight is 239 g/mol. The predicted octanol–water partition coefficient (Wildman–Crippen LogP) is 1.67. The Labute approximate surface area is 100 Å². The third-order valence-corrected chi connectivity index (χ3v) is 3.14. The highest BCUT2D eigenvalue weighted by Gasteiger charge is 2.15. The van der Waals surface area contributed by atoms with Crippen molar-refractivity contribution in [2.24, 2.45) is 0 Å². The molecule has 3 N–H and O–H groups in total. The number of anilines is 1. The summed E-state index contributed by atoms with van der Waals surface area (Å²) in [6.07, 6.45) is 2.62. The number of carbonyl (C=O) groups is 1. The van der Waals surface area contributed by atoms with E-state index >= 15 is 0 Å². The van der Waals surface area contributed by atoms with Gasteiger partial charge in [0, 0.05) is 12.7 Å². The van der Waals surface area contributed by atoms with Gasteiger partial charge in [-0.15, -0.1) is 0 Å². The molecule has 0 bridgehead atoms. The molecule has 1 unspecified atom stereocenters. The largest absolute Gasteiger partial charge is 0.397 e. The van der Waals surface area contributed by atoms with Crippen molar-refractivity contribution in [3.8, 4) is 0 Å². The molecule has 5 heteroatoms. The molecule has 88 valence electrons. The van der Waals surface area contributed by atoms with Crippen LogP contribution < -0.4 is 11.1 Å². The van der Waals surface area contributed by atoms with E-state index in [9.17, 15) is 4.79 Å². The number of nitrogen functional groups attached to an aromatic ring is 1. The molecular weight excluding hydrogens is 222 g/mol. The smallest absolute Gasteiger partial charge is 0.233 e. The van der Waals surface area contributed by atoms with Crippen LogP contribution in [-0.4, -0.2) is 22.7 Å². The Morgan fingerprint density at radius 1 is 1.69 bits per heavy atom. The van der Waals surface area contributed by atoms with Crippen LogP contribution in [0.25, 0.3) is 0 Å². The molecule has 4 nitrogen and oxygen atoms in total. The second kappa shape index (κ2) is 6.37. The molecule has 0 fully saturated rings. The molecule has 0 aliphatic carbocycles. The van der Waals surface area contributed by atoms with Gasteiger partial charge in [0.15, 0.2) is 0 Å². The van der Waals surface area contributed by atoms with Crippen molar-refractivity contribution in [3.63, 3.8) is 0 Å². The van der Waals surface area contributed by atoms with E-state index in [1.807, 2.05) is 13.8 Å². The van der Waals surface area contributed by atoms with Gasteiger partial charge < -0.3 is 11.1 Å². The van der Waals surface area contributed by atoms with Crippen LogP contribution in [0.3, 0.4) is 0 Å². The first-order valence-corrected chi connectivity index (χ1v) is 6.18. The molecule has 1 atom stereocenters. The SMILES string of the molecule is CCCNC(=O)C(C)Sc1ncccc1N. The Morgan fingerprint density at radius 2 is 2.44 bits per heavy atom. The van der Waals surface area contributed by atoms with Crippen LogP contribution in [0.5, 0.6) is 0 Å². The van der Waals surface area contributed by atoms with Gasteiger partial charge in [-0.1, -0.05) is 18.7 Å². The maximum Gasteiger partial charge on any atom is 0.233 e. The molecule has 1 rings (SSSR count). The molecule has 0 radical (unpaired) electrons. The third-order valence-electron chi connectivity index (χ3n) is 2.01. The normalized spacial score (nSPS) is 12.1. The zero-order valence-electron chi connectivity index (χ0n) is 9.56. The number of amides is 1. The van der Waals surface area contributed by atoms with Crippen molar-refractivity contribution in [2.75, 3.05) is 12.3 Å². The maximum absolute atomic E-state index is 11.6. The Bertz CT molecular complexity index is 357. The van der Waals surface area contributed by atoms with Crippen molar-refractivity contribution in [1.82, 2.24) is 10.3 Å². The summed E-state index contributed by atoms with van der Waals surface area (Å²) >= 11 is 1.38. The van der Waals surface area contributed by atoms with Crippen molar-refractivity contribution in [2.45, 2.75) is 30.5 Å². The van der Waals surface area contributed by atoms with Gasteiger partial charge in [0.25, 0.3) is 0 Å². The number of carbonyl (C=O) groups excluding carboxylic acids is 1. The standard InChI is InChI=1S/C11H17N3OS/c1-3-6-13-10(15)8(2)16-11-9(12)5-4-7-14-11/h4-5,7-8H,3,6,12H2,1-2H3,(H,13,15). The van der Waals surface area contributed by atoms with Crippen LogP contribution in [0.1, 0.15) is 20.3 Å². The number of hydrogen-bond donors (Lipinski definition) is 2. The molecule has 0 saturated carbocycles. The van der Waals surface area contributed by atoms with E-state index in [0.717, 1.165) is 6.42 Å². The van der Waals surface area contributed by atoms with Crippen LogP contribution in [0.15, 0.2) is 23.4 Å². The summed E-state index contributed by atoms with van der Waals surface area (Å²) in [5.41, 5.74) is 6.37. The maximum atomic E-state index is 11.6. The minimum atomic E-state index is -0.177. The Morgan fingerprint density at radius 3 is 3.06 bits per heavy atom. The summed E-state index contributed by atoms with van der Waals surface area (Å²) in [7, 11) is 0. The third kappa shape index (κ3) is 3.73. The second-order valence-electron chi connectivity index (χ2n) is 3.45. The number of nitrogens with two attached hydrogens (primary N) is 1. The minimum Gasteiger partial charge on any atom is -0.397 e. The number of hydrogen-bond acceptors (Lipinski definition) is 4. The lowest BCUT2D eigenvalue weighted by atomic mass is 10.4. The van der Waals surface area contributed by atoms with Crippen molar-refractivity contribution in [3.05, 3.63) is 18.3 Å². The molecule has 16 heavy (non-hydrogen) atoms. The van der Waals surface area contributed by atoms with E-state index in [1.54, 1.807) is 18.3 Å². The van der Waals surface area contributed by atoms with Crippen LogP contribution in [0.4, 0.5) is 5.69 Å². The first-order valence-electron chi connectivity index (χ1n) is 5.30. The minimum absolute atomic E-state index is 0.0249. The molecule has 1 amide bonds. The molecule has 0 aliphatic heterocycles. The highest BCUT2D eigenvalue weighted by Crippen LogP contribution is 2.25. The fraction of sp³-hybridized carbons (Fsp3) is 0.455. The number of nitrogens with one attached hydrogen (secondary N) is 1. The lowest BCUT2D eigenvalue weighted by molar-refractivity contribution is -0.120. The first kappa shape index (κ1) is 12.8. The zero-order chi connectivity index (χ0) is 12.0. The summed E-state index contributed by atoms with van der Waals surface area (Å²) in [4.78, 5) is 15.8. The number of rotatable bonds is 5. The van der Waals surface area contributed by atoms with Gasteiger partial charge in [-0.2, -0.15) is 0 Å². The highest BCUT2D eigenvalue weighted by molar-refractivity contribution is 8.00. The van der Waals surface area contributed by atoms with Crippen LogP contribution >= 0.6 is 11.8 Å². The summed E-state index contributed by atoms with van der Waals surface area (Å²) in [5.74, 6) is 0.0249. The van der Waals surface area contributed by atoms with Gasteiger partial charge >= 0.3 is 0 Å². The fourth-order valence-corrected chi connectivity index (χ4v) is 1.97. The molecule has 1 heterocycles. The molecule has 0 spiro atoms. The first-order chi connectivity index (χ1) is 7.65. The summed E-state index contributed by atoms with van der Waals surface area (Å²) in [6.45, 7) is 4.58. The second-order valence-corrected chi connectivity index (χ2v) is 4.78. The van der Waals surface area contributed by atoms with Crippen molar-refractivity contribution < 1.29 is 4.79 Å². The number of nitrogens with zero attached hydrogens (tertiary/aromatic N) is 1. The monoisotopic (exact) mass is 239 g/mol. The zero-order valence-corrected chi connectivity index (χ0v) is 10.4. The average Bonchev–Trinajstić information content (AvgIpc) is 2.28. The number of thioether (sulfide) groups is 1. The molecule has 0 aliphatic rings. The van der Waals surface area contributed by atoms with E-state index in [1.165, 1.54) is 11.8 Å². The van der Waals surface area contributed by atoms with Crippen molar-refractivity contribution >= 4 is 23.4 Å². The van der Waals surface area contributed by atoms with E-state index < -0.39 is 0 Å². The van der Waals surface area contributed by atoms with E-state index in [0.29, 0.717) is 17.3 Å². The van der Waals surface area contributed by atoms with Gasteiger partial charge in [0.1, 0.15) is 5.03 Å². The Hall–Kier alpha value is -1.23. The van der Waals surface area contributed by atoms with Gasteiger partial charge in [0.05, 0.1) is 10.9 Å². The van der Waals surface area contributed by atoms with Gasteiger partial charge in [-0.3, -0.25) is 4.79 Å². The van der Waals surface area contributed by atoms with Crippen LogP contribution in [0.2, 0.25) is 0 Å². The molecule has 1 aromatic heterocycles. The topological polar surface area (TPSA) is 68.0 Å². The quantitative estimate of drug-likeness (QED) is 0.767. The Kier molecular flexibility index (Phi) is 5.11. The lowest BCUT2D eigenvalue weighted by Gasteiger charge is -2.11. The van der Waals surface area contributed by atoms with Crippen LogP contribution in [0, 0.1) is 0 Å². The predicted molar refractivity (Wildman–Crippen MR) is 67.3 cm³/mol. The molecule has 0 saturated heterocycles. The van der Waals surface area contributed by atoms with Gasteiger partial charge in [-0.05, 0) is 25.5 Å². The van der Waals surface area contributed by atoms with E-state index in [4.69, 9.17) is 5.73 Å². The lowest BCUT2D eigenvalue weighted by Crippen LogP contribution is -2.31. The Balaban J connectivity index is 2.54. The number of aromatic nitrogens is 1. The molecule has 1 aromatic rings. The van der Waals surface area contributed by atoms with E-state index in [-0.39, 0.29) is 11.2 Å². The molecule has 0 aromatic carbocycles. The summed E-state index contributed by atoms with van der Waals surface area (Å²) < 4.78 is 0.